The van der Waals surface area contributed by atoms with E-state index in [0.29, 0.717) is 12.8 Å². The predicted molar refractivity (Wildman–Crippen MR) is 348 cm³/mol. The number of unbranched alkanes of at least 4 members (excludes halogenated alkanes) is 32. The highest BCUT2D eigenvalue weighted by Gasteiger charge is 2.60. The van der Waals surface area contributed by atoms with Crippen LogP contribution in [0.4, 0.5) is 0 Å². The van der Waals surface area contributed by atoms with Crippen molar-refractivity contribution < 1.29 is 104 Å². The quantitative estimate of drug-likeness (QED) is 0.0219. The maximum atomic E-state index is 13.5. The van der Waals surface area contributed by atoms with E-state index in [9.17, 15) is 75.7 Å². The van der Waals surface area contributed by atoms with E-state index in [1.54, 1.807) is 6.08 Å². The van der Waals surface area contributed by atoms with E-state index in [-0.39, 0.29) is 12.3 Å². The van der Waals surface area contributed by atoms with Gasteiger partial charge in [-0.3, -0.25) is 9.59 Å². The molecule has 3 aliphatic heterocycles. The number of amides is 2. The smallest absolute Gasteiger partial charge is 0.364 e. The first-order valence-corrected chi connectivity index (χ1v) is 35.7. The van der Waals surface area contributed by atoms with Gasteiger partial charge >= 0.3 is 5.97 Å². The lowest BCUT2D eigenvalue weighted by Gasteiger charge is -2.50. The van der Waals surface area contributed by atoms with Crippen molar-refractivity contribution in [1.82, 2.24) is 10.6 Å². The zero-order chi connectivity index (χ0) is 67.5. The number of carboxylic acid groups (broad SMARTS) is 1. The Morgan fingerprint density at radius 3 is 1.48 bits per heavy atom. The molecule has 18 atom stereocenters. The van der Waals surface area contributed by atoms with Gasteiger partial charge < -0.3 is 100 Å². The van der Waals surface area contributed by atoms with E-state index in [2.05, 4.69) is 36.6 Å². The number of nitrogens with one attached hydrogen (secondary N) is 2. The first kappa shape index (κ1) is 83.4. The number of aliphatic hydroxyl groups is 11. The van der Waals surface area contributed by atoms with Crippen LogP contribution in [0.5, 0.6) is 0 Å². The average Bonchev–Trinajstić information content (AvgIpc) is 0.767. The normalized spacial score (nSPS) is 28.3. The Hall–Kier alpha value is -2.79. The maximum Gasteiger partial charge on any atom is 0.364 e. The van der Waals surface area contributed by atoms with Crippen molar-refractivity contribution in [2.75, 3.05) is 26.4 Å². The summed E-state index contributed by atoms with van der Waals surface area (Å²) in [4.78, 5) is 38.6. The molecule has 0 saturated carbocycles. The molecule has 0 aromatic rings. The Morgan fingerprint density at radius 2 is 1.02 bits per heavy atom. The van der Waals surface area contributed by atoms with Crippen molar-refractivity contribution in [1.29, 1.82) is 0 Å². The Morgan fingerprint density at radius 1 is 0.565 bits per heavy atom. The van der Waals surface area contributed by atoms with Crippen LogP contribution in [0.2, 0.25) is 0 Å². The van der Waals surface area contributed by atoms with Crippen molar-refractivity contribution in [3.63, 3.8) is 0 Å². The summed E-state index contributed by atoms with van der Waals surface area (Å²) in [5.74, 6) is -6.15. The van der Waals surface area contributed by atoms with Crippen LogP contribution in [0.25, 0.3) is 0 Å². The summed E-state index contributed by atoms with van der Waals surface area (Å²) in [6, 6.07) is -2.62. The van der Waals surface area contributed by atoms with Crippen molar-refractivity contribution in [2.24, 2.45) is 0 Å². The first-order valence-electron chi connectivity index (χ1n) is 35.7. The second kappa shape index (κ2) is 49.7. The SMILES string of the molecule is CCCCCCCCCCC/C=C\CCCCCCCC(=O)NC(COC1OC(CO)C(OC2OC(CO)C(O)C(OC3(C(=O)O)CC(O)C(NC(C)=O)C(C(O)C(O)CO)O3)C2O)C(O)C1O)C(O)/C=C/CCCCCCCCCCCCCCCCCCCC. The highest BCUT2D eigenvalue weighted by atomic mass is 16.8. The summed E-state index contributed by atoms with van der Waals surface area (Å²) in [6.07, 6.45) is 20.7. The van der Waals surface area contributed by atoms with Crippen LogP contribution >= 0.6 is 0 Å². The Balaban J connectivity index is 1.60. The topological polar surface area (TPSA) is 373 Å². The third kappa shape index (κ3) is 31.6. The molecule has 3 rings (SSSR count). The second-order valence-corrected chi connectivity index (χ2v) is 26.1. The van der Waals surface area contributed by atoms with Gasteiger partial charge in [-0.15, -0.1) is 0 Å². The molecule has 14 N–H and O–H groups in total. The number of carboxylic acids is 1. The van der Waals surface area contributed by atoms with Crippen LogP contribution in [-0.4, -0.2) is 215 Å². The predicted octanol–water partition coefficient (Wildman–Crippen LogP) is 6.84. The molecule has 0 radical (unpaired) electrons. The summed E-state index contributed by atoms with van der Waals surface area (Å²) >= 11 is 0. The van der Waals surface area contributed by atoms with E-state index < -0.39 is 155 Å². The Labute approximate surface area is 549 Å². The summed E-state index contributed by atoms with van der Waals surface area (Å²) < 4.78 is 34.8. The zero-order valence-corrected chi connectivity index (χ0v) is 56.2. The van der Waals surface area contributed by atoms with Crippen LogP contribution in [0.1, 0.15) is 258 Å². The van der Waals surface area contributed by atoms with Crippen LogP contribution in [0, 0.1) is 0 Å². The van der Waals surface area contributed by atoms with E-state index in [1.165, 1.54) is 154 Å². The summed E-state index contributed by atoms with van der Waals surface area (Å²) in [5, 5.41) is 136. The molecule has 23 nitrogen and oxygen atoms in total. The van der Waals surface area contributed by atoms with Gasteiger partial charge in [0.15, 0.2) is 12.6 Å². The molecule has 538 valence electrons. The number of aliphatic carboxylic acids is 1. The number of aliphatic hydroxyl groups excluding tert-OH is 11. The van der Waals surface area contributed by atoms with Crippen LogP contribution in [0.15, 0.2) is 24.3 Å². The van der Waals surface area contributed by atoms with E-state index in [4.69, 9.17) is 28.4 Å². The van der Waals surface area contributed by atoms with E-state index in [0.717, 1.165) is 64.7 Å². The average molecular weight is 1320 g/mol. The molecule has 0 spiro atoms. The minimum Gasteiger partial charge on any atom is -0.477 e. The Kier molecular flexibility index (Phi) is 45.1. The lowest BCUT2D eigenvalue weighted by molar-refractivity contribution is -0.386. The molecule has 0 aromatic carbocycles. The first-order chi connectivity index (χ1) is 44.4. The molecule has 3 fully saturated rings. The number of rotatable bonds is 54. The van der Waals surface area contributed by atoms with Gasteiger partial charge in [-0.1, -0.05) is 218 Å². The van der Waals surface area contributed by atoms with Crippen molar-refractivity contribution in [3.05, 3.63) is 24.3 Å². The summed E-state index contributed by atoms with van der Waals surface area (Å²) in [7, 11) is 0. The molecule has 3 aliphatic rings. The zero-order valence-electron chi connectivity index (χ0n) is 56.2. The number of hydrogen-bond acceptors (Lipinski definition) is 20. The van der Waals surface area contributed by atoms with Gasteiger partial charge in [0.2, 0.25) is 11.8 Å². The largest absolute Gasteiger partial charge is 0.477 e. The molecule has 92 heavy (non-hydrogen) atoms. The molecule has 18 unspecified atom stereocenters. The van der Waals surface area contributed by atoms with Gasteiger partial charge in [-0.2, -0.15) is 0 Å². The van der Waals surface area contributed by atoms with E-state index >= 15 is 0 Å². The highest BCUT2D eigenvalue weighted by Crippen LogP contribution is 2.39. The van der Waals surface area contributed by atoms with Crippen molar-refractivity contribution in [3.8, 4) is 0 Å². The third-order valence-corrected chi connectivity index (χ3v) is 18.1. The summed E-state index contributed by atoms with van der Waals surface area (Å²) in [6.45, 7) is 2.14. The maximum absolute atomic E-state index is 13.5. The molecular weight excluding hydrogens is 1190 g/mol. The van der Waals surface area contributed by atoms with Crippen LogP contribution in [-0.2, 0) is 42.8 Å². The van der Waals surface area contributed by atoms with Crippen molar-refractivity contribution >= 4 is 17.8 Å². The number of hydrogen-bond donors (Lipinski definition) is 14. The fraction of sp³-hybridized carbons (Fsp3) is 0.899. The highest BCUT2D eigenvalue weighted by molar-refractivity contribution is 5.77. The minimum absolute atomic E-state index is 0.191. The molecular formula is C69H126N2O21. The molecule has 0 aromatic heterocycles. The fourth-order valence-electron chi connectivity index (χ4n) is 12.4. The summed E-state index contributed by atoms with van der Waals surface area (Å²) in [5.41, 5.74) is 0. The molecule has 0 aliphatic carbocycles. The second-order valence-electron chi connectivity index (χ2n) is 26.1. The van der Waals surface area contributed by atoms with Gasteiger partial charge in [0.05, 0.1) is 50.7 Å². The third-order valence-electron chi connectivity index (χ3n) is 18.1. The fourth-order valence-corrected chi connectivity index (χ4v) is 12.4. The number of allylic oxidation sites excluding steroid dienone is 3. The van der Waals surface area contributed by atoms with Crippen LogP contribution in [0.3, 0.4) is 0 Å². The molecule has 23 heteroatoms. The number of ether oxygens (including phenoxy) is 6. The molecule has 0 bridgehead atoms. The Bertz CT molecular complexity index is 1960. The standard InChI is InChI=1S/C69H126N2O21/c1-4-6-8-10-12-14-16-18-20-22-24-25-26-28-30-32-34-36-38-40-42-51(76)50(71-56(79)43-41-39-37-35-33-31-29-27-23-21-19-17-15-13-11-9-7-5-2)48-87-66-61(83)60(82)63(55(47-74)89-66)90-67-62(84)65(59(81)54(46-73)88-67)92-69(68(85)86)44-52(77)57(70-49(3)75)64(91-69)58(80)53(78)45-72/h27,29,40,42,50-55,57-67,72-74,76-78,80-84H,4-26,28,30-39,41,43-48H2,1-3H3,(H,70,75)(H,71,79)(H,85,86)/b29-27-,42-40+. The monoisotopic (exact) mass is 1320 g/mol. The minimum atomic E-state index is -3.08. The molecule has 2 amide bonds. The van der Waals surface area contributed by atoms with Gasteiger partial charge in [-0.25, -0.2) is 4.79 Å². The van der Waals surface area contributed by atoms with Gasteiger partial charge in [0.1, 0.15) is 67.1 Å². The molecule has 3 heterocycles. The van der Waals surface area contributed by atoms with Gasteiger partial charge in [-0.05, 0) is 44.9 Å². The van der Waals surface area contributed by atoms with E-state index in [1.807, 2.05) is 6.08 Å². The molecule has 3 saturated heterocycles. The lowest BCUT2D eigenvalue weighted by atomic mass is 9.88. The number of carbonyl (C=O) groups excluding carboxylic acids is 2. The van der Waals surface area contributed by atoms with Crippen LogP contribution < -0.4 is 10.6 Å². The van der Waals surface area contributed by atoms with Gasteiger partial charge in [0, 0.05) is 19.8 Å². The van der Waals surface area contributed by atoms with Gasteiger partial charge in [0.25, 0.3) is 5.79 Å². The lowest BCUT2D eigenvalue weighted by Crippen LogP contribution is -2.70. The van der Waals surface area contributed by atoms with Crippen molar-refractivity contribution in [2.45, 2.75) is 368 Å². The number of carbonyl (C=O) groups is 3.